The molecule has 1 heterocycles. The third-order valence-corrected chi connectivity index (χ3v) is 6.01. The summed E-state index contributed by atoms with van der Waals surface area (Å²) in [5, 5.41) is 9.00. The van der Waals surface area contributed by atoms with E-state index >= 15 is 0 Å². The number of carboxylic acid groups (broad SMARTS) is 1. The van der Waals surface area contributed by atoms with E-state index in [0.717, 1.165) is 5.56 Å². The fourth-order valence-electron chi connectivity index (χ4n) is 2.73. The van der Waals surface area contributed by atoms with Crippen LogP contribution in [0.25, 0.3) is 0 Å². The molecule has 0 bridgehead atoms. The summed E-state index contributed by atoms with van der Waals surface area (Å²) < 4.78 is 64.9. The number of halogens is 3. The zero-order valence-corrected chi connectivity index (χ0v) is 13.9. The van der Waals surface area contributed by atoms with Crippen LogP contribution in [0.3, 0.4) is 0 Å². The molecule has 1 fully saturated rings. The van der Waals surface area contributed by atoms with Crippen molar-refractivity contribution < 1.29 is 31.5 Å². The summed E-state index contributed by atoms with van der Waals surface area (Å²) in [7, 11) is -4.18. The van der Waals surface area contributed by atoms with Gasteiger partial charge in [-0.05, 0) is 23.6 Å². The van der Waals surface area contributed by atoms with Gasteiger partial charge in [-0.25, -0.2) is 8.42 Å². The number of carbonyl (C=O) groups is 1. The second-order valence-corrected chi connectivity index (χ2v) is 8.08. The molecule has 1 saturated heterocycles. The van der Waals surface area contributed by atoms with Gasteiger partial charge >= 0.3 is 12.1 Å². The number of aliphatic carboxylic acids is 1. The molecule has 0 aromatic heterocycles. The summed E-state index contributed by atoms with van der Waals surface area (Å²) in [4.78, 5) is 11.0. The normalized spacial score (nSPS) is 22.9. The third kappa shape index (κ3) is 3.56. The monoisotopic (exact) mass is 365 g/mol. The van der Waals surface area contributed by atoms with E-state index in [0.29, 0.717) is 4.31 Å². The zero-order chi connectivity index (χ0) is 18.3. The first-order chi connectivity index (χ1) is 10.9. The second kappa shape index (κ2) is 6.36. The lowest BCUT2D eigenvalue weighted by Gasteiger charge is -2.19. The van der Waals surface area contributed by atoms with Gasteiger partial charge in [0.25, 0.3) is 0 Å². The molecule has 2 rings (SSSR count). The van der Waals surface area contributed by atoms with E-state index in [9.17, 15) is 26.4 Å². The molecule has 1 aromatic carbocycles. The number of sulfonamides is 1. The van der Waals surface area contributed by atoms with Crippen molar-refractivity contribution >= 4 is 16.0 Å². The van der Waals surface area contributed by atoms with Crippen molar-refractivity contribution in [3.05, 3.63) is 29.8 Å². The second-order valence-electron chi connectivity index (χ2n) is 6.14. The highest BCUT2D eigenvalue weighted by atomic mass is 32.2. The molecule has 1 N–H and O–H groups in total. The molecular formula is C15H18F3NO4S. The molecular weight excluding hydrogens is 347 g/mol. The first-order valence-corrected chi connectivity index (χ1v) is 8.78. The van der Waals surface area contributed by atoms with Crippen LogP contribution in [0.4, 0.5) is 13.2 Å². The average molecular weight is 365 g/mol. The summed E-state index contributed by atoms with van der Waals surface area (Å²) in [5.74, 6) is -5.61. The van der Waals surface area contributed by atoms with E-state index in [1.807, 2.05) is 13.8 Å². The highest BCUT2D eigenvalue weighted by molar-refractivity contribution is 7.89. The maximum Gasteiger partial charge on any atom is 0.393 e. The van der Waals surface area contributed by atoms with E-state index in [-0.39, 0.29) is 10.8 Å². The summed E-state index contributed by atoms with van der Waals surface area (Å²) in [6.45, 7) is 2.16. The minimum atomic E-state index is -4.77. The number of alkyl halides is 3. The van der Waals surface area contributed by atoms with Gasteiger partial charge in [-0.15, -0.1) is 0 Å². The molecule has 1 aromatic rings. The number of hydrogen-bond donors (Lipinski definition) is 1. The predicted molar refractivity (Wildman–Crippen MR) is 80.0 cm³/mol. The standard InChI is InChI=1S/C15H18F3NO4S/c1-9(2)10-4-3-5-11(6-10)24(22,23)19-7-12(14(20)21)13(8-19)15(16,17)18/h3-6,9,12-13H,7-8H2,1-2H3,(H,20,21)/t12-,13-/m1/s1. The Morgan fingerprint density at radius 2 is 1.92 bits per heavy atom. The average Bonchev–Trinajstić information content (AvgIpc) is 2.93. The molecule has 0 amide bonds. The van der Waals surface area contributed by atoms with Gasteiger partial charge < -0.3 is 5.11 Å². The fourth-order valence-corrected chi connectivity index (χ4v) is 4.28. The SMILES string of the molecule is CC(C)c1cccc(S(=O)(=O)N2C[C@@H](C(F)(F)F)[C@H](C(=O)O)C2)c1. The van der Waals surface area contributed by atoms with Crippen LogP contribution < -0.4 is 0 Å². The highest BCUT2D eigenvalue weighted by Gasteiger charge is 2.54. The zero-order valence-electron chi connectivity index (χ0n) is 13.1. The Morgan fingerprint density at radius 1 is 1.29 bits per heavy atom. The van der Waals surface area contributed by atoms with Gasteiger partial charge in [0, 0.05) is 13.1 Å². The molecule has 5 nitrogen and oxygen atoms in total. The van der Waals surface area contributed by atoms with Gasteiger partial charge in [-0.3, -0.25) is 4.79 Å². The van der Waals surface area contributed by atoms with E-state index in [2.05, 4.69) is 0 Å². The topological polar surface area (TPSA) is 74.7 Å². The quantitative estimate of drug-likeness (QED) is 0.890. The van der Waals surface area contributed by atoms with Crippen LogP contribution in [0.1, 0.15) is 25.3 Å². The minimum absolute atomic E-state index is 0.0495. The van der Waals surface area contributed by atoms with E-state index in [4.69, 9.17) is 5.11 Å². The predicted octanol–water partition coefficient (Wildman–Crippen LogP) is 2.69. The summed E-state index contributed by atoms with van der Waals surface area (Å²) in [6, 6.07) is 5.97. The lowest BCUT2D eigenvalue weighted by Crippen LogP contribution is -2.34. The van der Waals surface area contributed by atoms with Gasteiger partial charge in [0.1, 0.15) is 0 Å². The van der Waals surface area contributed by atoms with Crippen molar-refractivity contribution in [1.82, 2.24) is 4.31 Å². The van der Waals surface area contributed by atoms with E-state index in [1.165, 1.54) is 18.2 Å². The van der Waals surface area contributed by atoms with Crippen molar-refractivity contribution in [2.75, 3.05) is 13.1 Å². The van der Waals surface area contributed by atoms with Crippen molar-refractivity contribution in [3.8, 4) is 0 Å². The van der Waals surface area contributed by atoms with Crippen LogP contribution in [0.5, 0.6) is 0 Å². The number of benzene rings is 1. The molecule has 1 aliphatic rings. The van der Waals surface area contributed by atoms with Crippen molar-refractivity contribution in [2.45, 2.75) is 30.8 Å². The van der Waals surface area contributed by atoms with Crippen LogP contribution in [0, 0.1) is 11.8 Å². The molecule has 134 valence electrons. The maximum atomic E-state index is 13.0. The first kappa shape index (κ1) is 18.7. The molecule has 0 aliphatic carbocycles. The minimum Gasteiger partial charge on any atom is -0.481 e. The maximum absolute atomic E-state index is 13.0. The van der Waals surface area contributed by atoms with Crippen LogP contribution in [0.2, 0.25) is 0 Å². The molecule has 9 heteroatoms. The largest absolute Gasteiger partial charge is 0.481 e. The Hall–Kier alpha value is -1.61. The van der Waals surface area contributed by atoms with E-state index in [1.54, 1.807) is 6.07 Å². The lowest BCUT2D eigenvalue weighted by molar-refractivity contribution is -0.187. The smallest absolute Gasteiger partial charge is 0.393 e. The van der Waals surface area contributed by atoms with Crippen LogP contribution >= 0.6 is 0 Å². The molecule has 2 atom stereocenters. The van der Waals surface area contributed by atoms with Crippen LogP contribution in [-0.4, -0.2) is 43.1 Å². The van der Waals surface area contributed by atoms with Crippen molar-refractivity contribution in [1.29, 1.82) is 0 Å². The van der Waals surface area contributed by atoms with Crippen LogP contribution in [-0.2, 0) is 14.8 Å². The Morgan fingerprint density at radius 3 is 2.38 bits per heavy atom. The fraction of sp³-hybridized carbons (Fsp3) is 0.533. The van der Waals surface area contributed by atoms with Gasteiger partial charge in [0.2, 0.25) is 10.0 Å². The summed E-state index contributed by atoms with van der Waals surface area (Å²) in [6.07, 6.45) is -4.77. The summed E-state index contributed by atoms with van der Waals surface area (Å²) in [5.41, 5.74) is 0.734. The number of carboxylic acids is 1. The molecule has 24 heavy (non-hydrogen) atoms. The van der Waals surface area contributed by atoms with E-state index < -0.39 is 47.1 Å². The lowest BCUT2D eigenvalue weighted by atomic mass is 9.96. The third-order valence-electron chi connectivity index (χ3n) is 4.19. The molecule has 0 radical (unpaired) electrons. The first-order valence-electron chi connectivity index (χ1n) is 7.34. The highest BCUT2D eigenvalue weighted by Crippen LogP contribution is 2.39. The number of hydrogen-bond acceptors (Lipinski definition) is 3. The van der Waals surface area contributed by atoms with Crippen molar-refractivity contribution in [2.24, 2.45) is 11.8 Å². The van der Waals surface area contributed by atoms with Crippen LogP contribution in [0.15, 0.2) is 29.2 Å². The molecule has 0 unspecified atom stereocenters. The Kier molecular flexibility index (Phi) is 4.96. The molecule has 0 saturated carbocycles. The molecule has 1 aliphatic heterocycles. The van der Waals surface area contributed by atoms with Crippen molar-refractivity contribution in [3.63, 3.8) is 0 Å². The van der Waals surface area contributed by atoms with Gasteiger partial charge in [-0.2, -0.15) is 17.5 Å². The Balaban J connectivity index is 2.37. The van der Waals surface area contributed by atoms with Gasteiger partial charge in [0.05, 0.1) is 16.7 Å². The summed E-state index contributed by atoms with van der Waals surface area (Å²) >= 11 is 0. The number of nitrogens with zero attached hydrogens (tertiary/aromatic N) is 1. The van der Waals surface area contributed by atoms with Gasteiger partial charge in [0.15, 0.2) is 0 Å². The molecule has 0 spiro atoms. The Bertz CT molecular complexity index is 730. The Labute approximate surface area is 138 Å². The van der Waals surface area contributed by atoms with Gasteiger partial charge in [-0.1, -0.05) is 26.0 Å². The number of rotatable bonds is 4.